The molecule has 2 atom stereocenters. The highest BCUT2D eigenvalue weighted by molar-refractivity contribution is 5.79. The highest BCUT2D eigenvalue weighted by Crippen LogP contribution is 2.15. The molecule has 0 aromatic carbocycles. The molecule has 0 bridgehead atoms. The van der Waals surface area contributed by atoms with Gasteiger partial charge < -0.3 is 10.2 Å². The van der Waals surface area contributed by atoms with Gasteiger partial charge in [0.15, 0.2) is 0 Å². The molecular weight excluding hydrogens is 140 g/mol. The van der Waals surface area contributed by atoms with Crippen LogP contribution >= 0.6 is 0 Å². The Balaban J connectivity index is 2.59. The molecule has 1 heterocycles. The zero-order valence-corrected chi connectivity index (χ0v) is 7.42. The van der Waals surface area contributed by atoms with E-state index in [-0.39, 0.29) is 11.8 Å². The van der Waals surface area contributed by atoms with Crippen LogP contribution in [0.1, 0.15) is 13.3 Å². The molecule has 1 rings (SSSR count). The van der Waals surface area contributed by atoms with Crippen LogP contribution in [0.3, 0.4) is 0 Å². The predicted octanol–water partition coefficient (Wildman–Crippen LogP) is 0.0726. The molecule has 0 aromatic heterocycles. The molecule has 0 saturated carbocycles. The van der Waals surface area contributed by atoms with E-state index in [2.05, 4.69) is 5.32 Å². The predicted molar refractivity (Wildman–Crippen MR) is 44.3 cm³/mol. The van der Waals surface area contributed by atoms with Crippen molar-refractivity contribution < 1.29 is 4.79 Å². The second-order valence-electron chi connectivity index (χ2n) is 3.23. The summed E-state index contributed by atoms with van der Waals surface area (Å²) >= 11 is 0. The minimum absolute atomic E-state index is 0.138. The number of hydrogen-bond donors (Lipinski definition) is 1. The molecule has 64 valence electrons. The smallest absolute Gasteiger partial charge is 0.226 e. The number of likely N-dealkylation sites (tertiary alicyclic amines) is 1. The molecule has 1 amide bonds. The van der Waals surface area contributed by atoms with Crippen LogP contribution in [0.2, 0.25) is 0 Å². The van der Waals surface area contributed by atoms with Gasteiger partial charge >= 0.3 is 0 Å². The molecule has 0 radical (unpaired) electrons. The first-order chi connectivity index (χ1) is 5.16. The van der Waals surface area contributed by atoms with Crippen molar-refractivity contribution in [1.29, 1.82) is 0 Å². The number of nitrogens with zero attached hydrogens (tertiary/aromatic N) is 1. The van der Waals surface area contributed by atoms with Crippen molar-refractivity contribution in [3.8, 4) is 0 Å². The van der Waals surface area contributed by atoms with Gasteiger partial charge in [-0.1, -0.05) is 6.92 Å². The molecule has 3 heteroatoms. The minimum Gasteiger partial charge on any atom is -0.345 e. The Kier molecular flexibility index (Phi) is 2.49. The lowest BCUT2D eigenvalue weighted by Crippen LogP contribution is -2.49. The summed E-state index contributed by atoms with van der Waals surface area (Å²) in [5, 5.41) is 3.16. The Morgan fingerprint density at radius 1 is 1.64 bits per heavy atom. The Hall–Kier alpha value is -0.570. The van der Waals surface area contributed by atoms with Crippen LogP contribution in [0.25, 0.3) is 0 Å². The first-order valence-electron chi connectivity index (χ1n) is 4.09. The molecule has 3 nitrogen and oxygen atoms in total. The van der Waals surface area contributed by atoms with Crippen LogP contribution in [-0.2, 0) is 4.79 Å². The van der Waals surface area contributed by atoms with Gasteiger partial charge in [-0.25, -0.2) is 0 Å². The molecular formula is C8H16N2O. The summed E-state index contributed by atoms with van der Waals surface area (Å²) in [6, 6.07) is 0.374. The van der Waals surface area contributed by atoms with Gasteiger partial charge in [-0.2, -0.15) is 0 Å². The average Bonchev–Trinajstić information content (AvgIpc) is 2.01. The maximum absolute atomic E-state index is 11.4. The summed E-state index contributed by atoms with van der Waals surface area (Å²) in [5.41, 5.74) is 0. The summed E-state index contributed by atoms with van der Waals surface area (Å²) < 4.78 is 0. The highest BCUT2D eigenvalue weighted by atomic mass is 16.2. The van der Waals surface area contributed by atoms with Gasteiger partial charge in [0.05, 0.1) is 5.92 Å². The van der Waals surface area contributed by atoms with E-state index in [1.165, 1.54) is 0 Å². The van der Waals surface area contributed by atoms with E-state index >= 15 is 0 Å². The fourth-order valence-corrected chi connectivity index (χ4v) is 1.61. The van der Waals surface area contributed by atoms with E-state index in [0.717, 1.165) is 13.0 Å². The maximum atomic E-state index is 11.4. The number of carbonyl (C=O) groups excluding carboxylic acids is 1. The Bertz CT molecular complexity index is 158. The molecule has 1 fully saturated rings. The topological polar surface area (TPSA) is 32.3 Å². The zero-order valence-electron chi connectivity index (χ0n) is 7.42. The number of carbonyl (C=O) groups is 1. The average molecular weight is 156 g/mol. The molecule has 1 N–H and O–H groups in total. The molecule has 1 aliphatic rings. The van der Waals surface area contributed by atoms with E-state index in [4.69, 9.17) is 0 Å². The van der Waals surface area contributed by atoms with E-state index in [0.29, 0.717) is 6.04 Å². The van der Waals surface area contributed by atoms with Crippen molar-refractivity contribution in [1.82, 2.24) is 10.2 Å². The third-order valence-corrected chi connectivity index (χ3v) is 2.52. The second-order valence-corrected chi connectivity index (χ2v) is 3.23. The van der Waals surface area contributed by atoms with Gasteiger partial charge in [0.1, 0.15) is 0 Å². The first kappa shape index (κ1) is 8.53. The van der Waals surface area contributed by atoms with Gasteiger partial charge in [0, 0.05) is 19.6 Å². The van der Waals surface area contributed by atoms with Crippen molar-refractivity contribution in [3.63, 3.8) is 0 Å². The fraction of sp³-hybridized carbons (Fsp3) is 0.875. The lowest BCUT2D eigenvalue weighted by Gasteiger charge is -2.33. The van der Waals surface area contributed by atoms with Crippen molar-refractivity contribution in [2.24, 2.45) is 5.92 Å². The van der Waals surface area contributed by atoms with Crippen LogP contribution in [0.5, 0.6) is 0 Å². The van der Waals surface area contributed by atoms with Crippen molar-refractivity contribution >= 4 is 5.91 Å². The molecule has 1 saturated heterocycles. The lowest BCUT2D eigenvalue weighted by molar-refractivity contribution is -0.137. The van der Waals surface area contributed by atoms with Crippen LogP contribution in [0, 0.1) is 5.92 Å². The SMILES string of the molecule is CNC1CCN(C)C(=O)C1C. The number of hydrogen-bond acceptors (Lipinski definition) is 2. The van der Waals surface area contributed by atoms with Crippen LogP contribution < -0.4 is 5.32 Å². The standard InChI is InChI=1S/C8H16N2O/c1-6-7(9-2)4-5-10(3)8(6)11/h6-7,9H,4-5H2,1-3H3. The molecule has 1 aliphatic heterocycles. The molecule has 0 aliphatic carbocycles. The van der Waals surface area contributed by atoms with E-state index in [9.17, 15) is 4.79 Å². The summed E-state index contributed by atoms with van der Waals surface area (Å²) in [7, 11) is 3.78. The molecule has 2 unspecified atom stereocenters. The summed E-state index contributed by atoms with van der Waals surface area (Å²) in [4.78, 5) is 13.2. The molecule has 0 spiro atoms. The van der Waals surface area contributed by atoms with E-state index in [1.54, 1.807) is 4.90 Å². The monoisotopic (exact) mass is 156 g/mol. The van der Waals surface area contributed by atoms with Crippen LogP contribution in [-0.4, -0.2) is 37.5 Å². The van der Waals surface area contributed by atoms with Gasteiger partial charge in [-0.3, -0.25) is 4.79 Å². The van der Waals surface area contributed by atoms with Gasteiger partial charge in [0.25, 0.3) is 0 Å². The van der Waals surface area contributed by atoms with Crippen molar-refractivity contribution in [3.05, 3.63) is 0 Å². The van der Waals surface area contributed by atoms with E-state index in [1.807, 2.05) is 21.0 Å². The Morgan fingerprint density at radius 3 is 2.82 bits per heavy atom. The number of rotatable bonds is 1. The minimum atomic E-state index is 0.138. The fourth-order valence-electron chi connectivity index (χ4n) is 1.61. The lowest BCUT2D eigenvalue weighted by atomic mass is 9.94. The first-order valence-corrected chi connectivity index (χ1v) is 4.09. The largest absolute Gasteiger partial charge is 0.345 e. The number of amides is 1. The second kappa shape index (κ2) is 3.22. The number of nitrogens with one attached hydrogen (secondary N) is 1. The third-order valence-electron chi connectivity index (χ3n) is 2.52. The summed E-state index contributed by atoms with van der Waals surface area (Å²) in [5.74, 6) is 0.398. The van der Waals surface area contributed by atoms with Crippen LogP contribution in [0.15, 0.2) is 0 Å². The Labute approximate surface area is 67.8 Å². The quantitative estimate of drug-likeness (QED) is 0.583. The van der Waals surface area contributed by atoms with Gasteiger partial charge in [-0.15, -0.1) is 0 Å². The zero-order chi connectivity index (χ0) is 8.43. The van der Waals surface area contributed by atoms with Gasteiger partial charge in [-0.05, 0) is 13.5 Å². The Morgan fingerprint density at radius 2 is 2.27 bits per heavy atom. The van der Waals surface area contributed by atoms with Crippen molar-refractivity contribution in [2.45, 2.75) is 19.4 Å². The maximum Gasteiger partial charge on any atom is 0.226 e. The molecule has 11 heavy (non-hydrogen) atoms. The summed E-state index contributed by atoms with van der Waals surface area (Å²) in [6.07, 6.45) is 1.07. The number of piperidine rings is 1. The normalized spacial score (nSPS) is 32.6. The third kappa shape index (κ3) is 1.53. The molecule has 0 aromatic rings. The van der Waals surface area contributed by atoms with Gasteiger partial charge in [0.2, 0.25) is 5.91 Å². The van der Waals surface area contributed by atoms with Crippen LogP contribution in [0.4, 0.5) is 0 Å². The van der Waals surface area contributed by atoms with Crippen molar-refractivity contribution in [2.75, 3.05) is 20.6 Å². The summed E-state index contributed by atoms with van der Waals surface area (Å²) in [6.45, 7) is 2.87. The van der Waals surface area contributed by atoms with E-state index < -0.39 is 0 Å². The highest BCUT2D eigenvalue weighted by Gasteiger charge is 2.29.